The molecule has 0 rings (SSSR count). The molecule has 0 bridgehead atoms. The molecular formula is C8H14INO2. The SMILES string of the molecule is CC=C(I)C(CCC)NC(=O)O. The van der Waals surface area contributed by atoms with E-state index < -0.39 is 6.09 Å². The number of rotatable bonds is 4. The average Bonchev–Trinajstić information content (AvgIpc) is 2.01. The van der Waals surface area contributed by atoms with Crippen LogP contribution < -0.4 is 5.32 Å². The fourth-order valence-electron chi connectivity index (χ4n) is 0.918. The van der Waals surface area contributed by atoms with Gasteiger partial charge in [-0.3, -0.25) is 0 Å². The van der Waals surface area contributed by atoms with Gasteiger partial charge < -0.3 is 10.4 Å². The Balaban J connectivity index is 4.12. The summed E-state index contributed by atoms with van der Waals surface area (Å²) in [4.78, 5) is 10.4. The highest BCUT2D eigenvalue weighted by molar-refractivity contribution is 14.1. The summed E-state index contributed by atoms with van der Waals surface area (Å²) in [5.74, 6) is 0. The van der Waals surface area contributed by atoms with Crippen LogP contribution in [0, 0.1) is 0 Å². The summed E-state index contributed by atoms with van der Waals surface area (Å²) in [6, 6.07) is -0.0295. The van der Waals surface area contributed by atoms with Gasteiger partial charge in [-0.2, -0.15) is 0 Å². The van der Waals surface area contributed by atoms with Crippen molar-refractivity contribution in [1.29, 1.82) is 0 Å². The van der Waals surface area contributed by atoms with Crippen molar-refractivity contribution in [2.24, 2.45) is 0 Å². The van der Waals surface area contributed by atoms with E-state index in [2.05, 4.69) is 27.9 Å². The van der Waals surface area contributed by atoms with Gasteiger partial charge in [-0.15, -0.1) is 0 Å². The van der Waals surface area contributed by atoms with Crippen molar-refractivity contribution in [3.8, 4) is 0 Å². The van der Waals surface area contributed by atoms with Crippen LogP contribution in [0.4, 0.5) is 4.79 Å². The van der Waals surface area contributed by atoms with E-state index in [1.54, 1.807) is 0 Å². The summed E-state index contributed by atoms with van der Waals surface area (Å²) < 4.78 is 1.05. The van der Waals surface area contributed by atoms with Gasteiger partial charge in [0.05, 0.1) is 6.04 Å². The van der Waals surface area contributed by atoms with Gasteiger partial charge in [-0.25, -0.2) is 4.79 Å². The lowest BCUT2D eigenvalue weighted by molar-refractivity contribution is 0.191. The van der Waals surface area contributed by atoms with Crippen LogP contribution in [-0.4, -0.2) is 17.2 Å². The smallest absolute Gasteiger partial charge is 0.405 e. The quantitative estimate of drug-likeness (QED) is 0.779. The Morgan fingerprint density at radius 2 is 2.33 bits per heavy atom. The number of hydrogen-bond donors (Lipinski definition) is 2. The van der Waals surface area contributed by atoms with Crippen LogP contribution in [0.1, 0.15) is 26.7 Å². The number of nitrogens with one attached hydrogen (secondary N) is 1. The molecule has 0 spiro atoms. The first-order valence-electron chi connectivity index (χ1n) is 3.93. The molecule has 0 saturated carbocycles. The molecular weight excluding hydrogens is 269 g/mol. The van der Waals surface area contributed by atoms with Gasteiger partial charge in [0.1, 0.15) is 0 Å². The van der Waals surface area contributed by atoms with E-state index in [1.807, 2.05) is 19.9 Å². The second-order valence-corrected chi connectivity index (χ2v) is 3.71. The maximum atomic E-state index is 10.4. The minimum Gasteiger partial charge on any atom is -0.465 e. The highest BCUT2D eigenvalue weighted by atomic mass is 127. The van der Waals surface area contributed by atoms with E-state index in [0.717, 1.165) is 16.4 Å². The van der Waals surface area contributed by atoms with Gasteiger partial charge >= 0.3 is 6.09 Å². The molecule has 0 aliphatic rings. The maximum Gasteiger partial charge on any atom is 0.405 e. The van der Waals surface area contributed by atoms with E-state index in [1.165, 1.54) is 0 Å². The largest absolute Gasteiger partial charge is 0.465 e. The van der Waals surface area contributed by atoms with Crippen molar-refractivity contribution in [2.75, 3.05) is 0 Å². The zero-order valence-corrected chi connectivity index (χ0v) is 9.46. The van der Waals surface area contributed by atoms with Crippen LogP contribution in [-0.2, 0) is 0 Å². The van der Waals surface area contributed by atoms with Gasteiger partial charge in [-0.1, -0.05) is 19.4 Å². The second kappa shape index (κ2) is 6.28. The summed E-state index contributed by atoms with van der Waals surface area (Å²) in [6.07, 6.45) is 2.81. The van der Waals surface area contributed by atoms with Crippen LogP contribution in [0.5, 0.6) is 0 Å². The average molecular weight is 283 g/mol. The zero-order chi connectivity index (χ0) is 9.56. The summed E-state index contributed by atoms with van der Waals surface area (Å²) >= 11 is 2.16. The first kappa shape index (κ1) is 11.7. The number of halogens is 1. The van der Waals surface area contributed by atoms with Crippen molar-refractivity contribution in [3.05, 3.63) is 9.66 Å². The van der Waals surface area contributed by atoms with Crippen molar-refractivity contribution in [3.63, 3.8) is 0 Å². The second-order valence-electron chi connectivity index (χ2n) is 2.46. The van der Waals surface area contributed by atoms with E-state index in [0.29, 0.717) is 0 Å². The third-order valence-electron chi connectivity index (χ3n) is 1.48. The number of carboxylic acid groups (broad SMARTS) is 1. The van der Waals surface area contributed by atoms with E-state index in [-0.39, 0.29) is 6.04 Å². The molecule has 0 fully saturated rings. The lowest BCUT2D eigenvalue weighted by Crippen LogP contribution is -2.33. The minimum atomic E-state index is -0.954. The number of carbonyl (C=O) groups is 1. The van der Waals surface area contributed by atoms with Gasteiger partial charge in [0.25, 0.3) is 0 Å². The lowest BCUT2D eigenvalue weighted by Gasteiger charge is -2.14. The monoisotopic (exact) mass is 283 g/mol. The van der Waals surface area contributed by atoms with Crippen LogP contribution in [0.15, 0.2) is 9.66 Å². The number of amides is 1. The van der Waals surface area contributed by atoms with E-state index >= 15 is 0 Å². The Kier molecular flexibility index (Phi) is 6.14. The van der Waals surface area contributed by atoms with Crippen molar-refractivity contribution < 1.29 is 9.90 Å². The Hall–Kier alpha value is -0.260. The Morgan fingerprint density at radius 1 is 1.75 bits per heavy atom. The molecule has 0 aromatic heterocycles. The molecule has 0 aliphatic carbocycles. The van der Waals surface area contributed by atoms with Crippen molar-refractivity contribution in [1.82, 2.24) is 5.32 Å². The predicted octanol–water partition coefficient (Wildman–Crippen LogP) is 2.76. The van der Waals surface area contributed by atoms with Crippen molar-refractivity contribution in [2.45, 2.75) is 32.7 Å². The fraction of sp³-hybridized carbons (Fsp3) is 0.625. The fourth-order valence-corrected chi connectivity index (χ4v) is 1.39. The third kappa shape index (κ3) is 4.58. The topological polar surface area (TPSA) is 49.3 Å². The van der Waals surface area contributed by atoms with Crippen LogP contribution in [0.2, 0.25) is 0 Å². The summed E-state index contributed by atoms with van der Waals surface area (Å²) in [5, 5.41) is 11.0. The molecule has 0 aliphatic heterocycles. The Morgan fingerprint density at radius 3 is 2.67 bits per heavy atom. The lowest BCUT2D eigenvalue weighted by atomic mass is 10.1. The zero-order valence-electron chi connectivity index (χ0n) is 7.30. The highest BCUT2D eigenvalue weighted by Crippen LogP contribution is 2.15. The minimum absolute atomic E-state index is 0.0295. The Labute approximate surface area is 86.4 Å². The van der Waals surface area contributed by atoms with Crippen LogP contribution in [0.25, 0.3) is 0 Å². The standard InChI is InChI=1S/C8H14INO2/c1-3-5-7(6(9)4-2)10-8(11)12/h4,7,10H,3,5H2,1-2H3,(H,11,12). The number of allylic oxidation sites excluding steroid dienone is 1. The van der Waals surface area contributed by atoms with Gasteiger partial charge in [0, 0.05) is 3.58 Å². The van der Waals surface area contributed by atoms with Gasteiger partial charge in [0.15, 0.2) is 0 Å². The van der Waals surface area contributed by atoms with Gasteiger partial charge in [-0.05, 0) is 35.9 Å². The summed E-state index contributed by atoms with van der Waals surface area (Å²) in [5.41, 5.74) is 0. The van der Waals surface area contributed by atoms with E-state index in [4.69, 9.17) is 5.11 Å². The third-order valence-corrected chi connectivity index (χ3v) is 2.86. The van der Waals surface area contributed by atoms with E-state index in [9.17, 15) is 4.79 Å². The molecule has 0 aromatic carbocycles. The molecule has 70 valence electrons. The molecule has 0 heterocycles. The highest BCUT2D eigenvalue weighted by Gasteiger charge is 2.12. The van der Waals surface area contributed by atoms with Crippen LogP contribution in [0.3, 0.4) is 0 Å². The molecule has 1 atom stereocenters. The summed E-state index contributed by atoms with van der Waals surface area (Å²) in [7, 11) is 0. The molecule has 1 unspecified atom stereocenters. The van der Waals surface area contributed by atoms with Crippen molar-refractivity contribution >= 4 is 28.7 Å². The molecule has 2 N–H and O–H groups in total. The normalized spacial score (nSPS) is 14.1. The van der Waals surface area contributed by atoms with Crippen LogP contribution >= 0.6 is 22.6 Å². The first-order chi connectivity index (χ1) is 5.61. The first-order valence-corrected chi connectivity index (χ1v) is 5.00. The number of hydrogen-bond acceptors (Lipinski definition) is 1. The molecule has 3 nitrogen and oxygen atoms in total. The van der Waals surface area contributed by atoms with Gasteiger partial charge in [0.2, 0.25) is 0 Å². The molecule has 0 aromatic rings. The molecule has 1 amide bonds. The maximum absolute atomic E-state index is 10.4. The summed E-state index contributed by atoms with van der Waals surface area (Å²) in [6.45, 7) is 3.95. The molecule has 0 radical (unpaired) electrons. The Bertz CT molecular complexity index is 180. The molecule has 0 saturated heterocycles. The molecule has 4 heteroatoms. The predicted molar refractivity (Wildman–Crippen MR) is 57.6 cm³/mol. The molecule has 12 heavy (non-hydrogen) atoms.